The van der Waals surface area contributed by atoms with Gasteiger partial charge in [-0.2, -0.15) is 0 Å². The number of hydrogen-bond donors (Lipinski definition) is 2. The topological polar surface area (TPSA) is 58.3 Å². The minimum atomic E-state index is -3.32. The van der Waals surface area contributed by atoms with Crippen LogP contribution < -0.4 is 0 Å². The number of imidazole rings is 1. The lowest BCUT2D eigenvalue weighted by atomic mass is 9.46. The molecular weight excluding hydrogens is 362 g/mol. The highest BCUT2D eigenvalue weighted by Crippen LogP contribution is 2.64. The first-order valence-electron chi connectivity index (χ1n) is 10.3. The maximum atomic E-state index is 16.0. The Morgan fingerprint density at radius 3 is 2.61 bits per heavy atom. The number of aliphatic hydroxyl groups excluding tert-OH is 2. The Kier molecular flexibility index (Phi) is 3.31. The van der Waals surface area contributed by atoms with E-state index >= 15 is 8.78 Å². The quantitative estimate of drug-likeness (QED) is 0.847. The molecule has 1 aliphatic heterocycles. The number of benzene rings is 1. The van der Waals surface area contributed by atoms with Gasteiger partial charge in [0.1, 0.15) is 12.1 Å². The molecule has 148 valence electrons. The average Bonchev–Trinajstić information content (AvgIpc) is 3.25. The van der Waals surface area contributed by atoms with Crippen molar-refractivity contribution >= 4 is 0 Å². The third-order valence-electron chi connectivity index (χ3n) is 8.06. The van der Waals surface area contributed by atoms with Crippen molar-refractivity contribution in [2.45, 2.75) is 56.3 Å². The zero-order chi connectivity index (χ0) is 19.3. The molecule has 4 unspecified atom stereocenters. The van der Waals surface area contributed by atoms with Crippen molar-refractivity contribution in [2.75, 3.05) is 0 Å². The molecule has 4 bridgehead atoms. The fourth-order valence-corrected chi connectivity index (χ4v) is 7.18. The van der Waals surface area contributed by atoms with E-state index in [0.717, 1.165) is 18.4 Å². The largest absolute Gasteiger partial charge is 0.393 e. The summed E-state index contributed by atoms with van der Waals surface area (Å²) in [6, 6.07) is 5.95. The number of alkyl halides is 2. The smallest absolute Gasteiger partial charge is 0.298 e. The second-order valence-corrected chi connectivity index (χ2v) is 9.58. The zero-order valence-corrected chi connectivity index (χ0v) is 15.5. The van der Waals surface area contributed by atoms with Crippen LogP contribution >= 0.6 is 0 Å². The summed E-state index contributed by atoms with van der Waals surface area (Å²) in [5, 5.41) is 21.7. The van der Waals surface area contributed by atoms with Gasteiger partial charge in [0.2, 0.25) is 0 Å². The molecule has 2 N–H and O–H groups in total. The minimum Gasteiger partial charge on any atom is -0.393 e. The van der Waals surface area contributed by atoms with E-state index in [0.29, 0.717) is 36.4 Å². The molecule has 7 rings (SSSR count). The van der Waals surface area contributed by atoms with Crippen molar-refractivity contribution < 1.29 is 19.0 Å². The van der Waals surface area contributed by atoms with Gasteiger partial charge < -0.3 is 14.8 Å². The molecule has 4 saturated carbocycles. The predicted octanol–water partition coefficient (Wildman–Crippen LogP) is 3.64. The first-order chi connectivity index (χ1) is 13.4. The molecule has 0 amide bonds. The summed E-state index contributed by atoms with van der Waals surface area (Å²) in [6.45, 7) is 0. The van der Waals surface area contributed by atoms with Crippen LogP contribution in [-0.4, -0.2) is 37.9 Å². The van der Waals surface area contributed by atoms with Crippen molar-refractivity contribution in [2.24, 2.45) is 23.2 Å². The highest BCUT2D eigenvalue weighted by atomic mass is 19.3. The number of nitrogens with zero attached hydrogens (tertiary/aromatic N) is 2. The molecule has 0 radical (unpaired) electrons. The summed E-state index contributed by atoms with van der Waals surface area (Å²) in [5.41, 5.74) is 1.19. The van der Waals surface area contributed by atoms with E-state index in [1.807, 2.05) is 12.1 Å². The zero-order valence-electron chi connectivity index (χ0n) is 15.5. The van der Waals surface area contributed by atoms with E-state index in [4.69, 9.17) is 0 Å². The number of aromatic nitrogens is 2. The lowest BCUT2D eigenvalue weighted by molar-refractivity contribution is -0.236. The molecule has 1 aromatic carbocycles. The minimum absolute atomic E-state index is 0.0522. The lowest BCUT2D eigenvalue weighted by Gasteiger charge is -2.61. The molecule has 2 aromatic rings. The Labute approximate surface area is 162 Å². The van der Waals surface area contributed by atoms with Gasteiger partial charge in [-0.3, -0.25) is 0 Å². The molecule has 4 nitrogen and oxygen atoms in total. The summed E-state index contributed by atoms with van der Waals surface area (Å²) < 4.78 is 33.5. The van der Waals surface area contributed by atoms with Crippen LogP contribution in [0.15, 0.2) is 36.8 Å². The number of fused-ring (bicyclic) bond motifs is 3. The molecule has 0 spiro atoms. The Balaban J connectivity index is 1.42. The first-order valence-corrected chi connectivity index (χ1v) is 10.3. The van der Waals surface area contributed by atoms with Crippen molar-refractivity contribution in [3.05, 3.63) is 42.4 Å². The molecule has 4 aliphatic carbocycles. The van der Waals surface area contributed by atoms with Crippen LogP contribution in [0.3, 0.4) is 0 Å². The van der Waals surface area contributed by atoms with Crippen LogP contribution in [-0.2, 0) is 0 Å². The van der Waals surface area contributed by atoms with E-state index < -0.39 is 29.6 Å². The SMILES string of the molecule is OC1C2CC3CC1CC(C(O)C(F)(F)C1c4ccccc4-c4cncn41)(C3)C2. The van der Waals surface area contributed by atoms with Gasteiger partial charge in [0.05, 0.1) is 24.3 Å². The van der Waals surface area contributed by atoms with Gasteiger partial charge >= 0.3 is 0 Å². The Hall–Kier alpha value is -1.79. The molecule has 5 aliphatic rings. The monoisotopic (exact) mass is 386 g/mol. The molecular formula is C22H24F2N2O2. The van der Waals surface area contributed by atoms with Gasteiger partial charge in [-0.1, -0.05) is 24.3 Å². The van der Waals surface area contributed by atoms with Crippen molar-refractivity contribution in [3.8, 4) is 11.3 Å². The lowest BCUT2D eigenvalue weighted by Crippen LogP contribution is -2.61. The average molecular weight is 386 g/mol. The van der Waals surface area contributed by atoms with Gasteiger partial charge in [0, 0.05) is 11.0 Å². The van der Waals surface area contributed by atoms with Crippen LogP contribution in [0.25, 0.3) is 11.3 Å². The maximum absolute atomic E-state index is 16.0. The molecule has 2 heterocycles. The van der Waals surface area contributed by atoms with Crippen LogP contribution in [0.2, 0.25) is 0 Å². The van der Waals surface area contributed by atoms with Gasteiger partial charge in [-0.15, -0.1) is 0 Å². The number of hydrogen-bond acceptors (Lipinski definition) is 3. The summed E-state index contributed by atoms with van der Waals surface area (Å²) in [5.74, 6) is -2.86. The van der Waals surface area contributed by atoms with Gasteiger partial charge in [0.25, 0.3) is 5.92 Å². The second-order valence-electron chi connectivity index (χ2n) is 9.58. The molecule has 4 fully saturated rings. The van der Waals surface area contributed by atoms with Crippen LogP contribution in [0.5, 0.6) is 0 Å². The summed E-state index contributed by atoms with van der Waals surface area (Å²) >= 11 is 0. The fraction of sp³-hybridized carbons (Fsp3) is 0.591. The van der Waals surface area contributed by atoms with E-state index in [-0.39, 0.29) is 11.8 Å². The number of aliphatic hydroxyl groups is 2. The van der Waals surface area contributed by atoms with E-state index in [1.54, 1.807) is 18.3 Å². The Morgan fingerprint density at radius 2 is 1.86 bits per heavy atom. The normalized spacial score (nSPS) is 39.1. The number of rotatable bonds is 3. The van der Waals surface area contributed by atoms with Crippen molar-refractivity contribution in [1.29, 1.82) is 0 Å². The highest BCUT2D eigenvalue weighted by Gasteiger charge is 2.65. The molecule has 28 heavy (non-hydrogen) atoms. The standard InChI is InChI=1S/C22H24F2N2O2/c23-22(24,19-16-4-2-1-3-15(16)17-10-25-11-26(17)19)20(28)21-7-12-5-13(8-21)18(27)14(6-12)9-21/h1-4,10-14,18-20,27-28H,5-9H2. The molecule has 4 atom stereocenters. The molecule has 1 aromatic heterocycles. The van der Waals surface area contributed by atoms with E-state index in [9.17, 15) is 10.2 Å². The van der Waals surface area contributed by atoms with E-state index in [2.05, 4.69) is 4.98 Å². The molecule has 0 saturated heterocycles. The molecule has 6 heteroatoms. The Morgan fingerprint density at radius 1 is 1.14 bits per heavy atom. The third kappa shape index (κ3) is 2.03. The summed E-state index contributed by atoms with van der Waals surface area (Å²) in [7, 11) is 0. The maximum Gasteiger partial charge on any atom is 0.298 e. The van der Waals surface area contributed by atoms with Gasteiger partial charge in [-0.05, 0) is 55.4 Å². The van der Waals surface area contributed by atoms with Crippen LogP contribution in [0.1, 0.15) is 43.7 Å². The highest BCUT2D eigenvalue weighted by molar-refractivity contribution is 5.69. The number of halogens is 2. The summed E-state index contributed by atoms with van der Waals surface area (Å²) in [4.78, 5) is 4.08. The Bertz CT molecular complexity index is 926. The van der Waals surface area contributed by atoms with E-state index in [1.165, 1.54) is 10.9 Å². The van der Waals surface area contributed by atoms with Crippen molar-refractivity contribution in [3.63, 3.8) is 0 Å². The van der Waals surface area contributed by atoms with Crippen LogP contribution in [0, 0.1) is 23.2 Å². The predicted molar refractivity (Wildman–Crippen MR) is 98.8 cm³/mol. The summed E-state index contributed by atoms with van der Waals surface area (Å²) in [6.07, 6.45) is 4.42. The fourth-order valence-electron chi connectivity index (χ4n) is 7.18. The van der Waals surface area contributed by atoms with Crippen LogP contribution in [0.4, 0.5) is 8.78 Å². The second kappa shape index (κ2) is 5.42. The van der Waals surface area contributed by atoms with Gasteiger partial charge in [-0.25, -0.2) is 13.8 Å². The third-order valence-corrected chi connectivity index (χ3v) is 8.06. The first kappa shape index (κ1) is 17.1. The van der Waals surface area contributed by atoms with Crippen molar-refractivity contribution in [1.82, 2.24) is 9.55 Å². The van der Waals surface area contributed by atoms with Gasteiger partial charge in [0.15, 0.2) is 0 Å².